The van der Waals surface area contributed by atoms with Gasteiger partial charge in [-0.15, -0.1) is 13.2 Å². The molecule has 6 nitrogen and oxygen atoms in total. The first-order valence-corrected chi connectivity index (χ1v) is 11.1. The minimum absolute atomic E-state index is 0.0944. The van der Waals surface area contributed by atoms with Crippen LogP contribution < -0.4 is 10.1 Å². The first-order valence-electron chi connectivity index (χ1n) is 11.1. The number of piperidine rings is 1. The Kier molecular flexibility index (Phi) is 6.90. The van der Waals surface area contributed by atoms with Crippen molar-refractivity contribution in [2.75, 3.05) is 33.2 Å². The lowest BCUT2D eigenvalue weighted by Gasteiger charge is -2.23. The van der Waals surface area contributed by atoms with Gasteiger partial charge in [0.05, 0.1) is 18.8 Å². The number of rotatable bonds is 9. The number of ether oxygens (including phenoxy) is 1. The van der Waals surface area contributed by atoms with E-state index >= 15 is 0 Å². The van der Waals surface area contributed by atoms with Crippen LogP contribution in [0.15, 0.2) is 42.6 Å². The van der Waals surface area contributed by atoms with E-state index in [1.54, 1.807) is 23.2 Å². The molecule has 9 heteroatoms. The van der Waals surface area contributed by atoms with E-state index < -0.39 is 6.36 Å². The number of fused-ring (bicyclic) bond motifs is 1. The van der Waals surface area contributed by atoms with Gasteiger partial charge in [-0.25, -0.2) is 0 Å². The van der Waals surface area contributed by atoms with E-state index in [4.69, 9.17) is 0 Å². The van der Waals surface area contributed by atoms with Crippen molar-refractivity contribution in [3.05, 3.63) is 59.4 Å². The van der Waals surface area contributed by atoms with Crippen LogP contribution in [0.1, 0.15) is 16.8 Å². The Bertz CT molecular complexity index is 972. The molecule has 1 N–H and O–H groups in total. The maximum absolute atomic E-state index is 12.6. The van der Waals surface area contributed by atoms with Crippen LogP contribution in [-0.4, -0.2) is 60.3 Å². The third-order valence-electron chi connectivity index (χ3n) is 6.58. The summed E-state index contributed by atoms with van der Waals surface area (Å²) in [5.41, 5.74) is 2.75. The summed E-state index contributed by atoms with van der Waals surface area (Å²) in [6.07, 6.45) is -2.94. The summed E-state index contributed by atoms with van der Waals surface area (Å²) in [6, 6.07) is 9.93. The summed E-state index contributed by atoms with van der Waals surface area (Å²) < 4.78 is 41.1. The Labute approximate surface area is 191 Å². The maximum atomic E-state index is 12.6. The molecule has 1 saturated heterocycles. The largest absolute Gasteiger partial charge is 0.573 e. The number of nitrogens with one attached hydrogen (secondary N) is 1. The number of hydrogen-bond donors (Lipinski definition) is 1. The Hall–Kier alpha value is -2.65. The van der Waals surface area contributed by atoms with Crippen LogP contribution in [0.4, 0.5) is 13.2 Å². The van der Waals surface area contributed by atoms with E-state index in [-0.39, 0.29) is 11.7 Å². The Morgan fingerprint density at radius 1 is 1.24 bits per heavy atom. The quantitative estimate of drug-likeness (QED) is 0.620. The zero-order valence-corrected chi connectivity index (χ0v) is 18.8. The number of alkyl halides is 3. The van der Waals surface area contributed by atoms with E-state index in [2.05, 4.69) is 19.9 Å². The molecule has 1 amide bonds. The lowest BCUT2D eigenvalue weighted by atomic mass is 10.2. The molecule has 1 aromatic carbocycles. The van der Waals surface area contributed by atoms with Crippen LogP contribution in [0.25, 0.3) is 0 Å². The highest BCUT2D eigenvalue weighted by molar-refractivity contribution is 5.78. The first kappa shape index (κ1) is 23.5. The summed E-state index contributed by atoms with van der Waals surface area (Å²) in [7, 11) is 1.81. The van der Waals surface area contributed by atoms with Crippen molar-refractivity contribution < 1.29 is 22.7 Å². The number of carbonyl (C=O) groups excluding carboxylic acids is 1. The lowest BCUT2D eigenvalue weighted by Crippen LogP contribution is -2.39. The topological polar surface area (TPSA) is 57.7 Å². The summed E-state index contributed by atoms with van der Waals surface area (Å²) in [6.45, 7) is 6.05. The molecule has 4 rings (SSSR count). The first-order chi connectivity index (χ1) is 15.7. The van der Waals surface area contributed by atoms with Gasteiger partial charge in [0.15, 0.2) is 0 Å². The molecular formula is C24H29F3N4O2. The SMILES string of the molecule is Cc1cccnc1CN(C)C(=O)CN1CC2C(CNCc3cccc(OC(F)(F)F)c3)C2C1. The number of aryl methyl sites for hydroxylation is 1. The molecule has 1 aliphatic carbocycles. The van der Waals surface area contributed by atoms with Crippen LogP contribution in [0.3, 0.4) is 0 Å². The van der Waals surface area contributed by atoms with Gasteiger partial charge >= 0.3 is 6.36 Å². The monoisotopic (exact) mass is 462 g/mol. The maximum Gasteiger partial charge on any atom is 0.573 e. The molecule has 2 atom stereocenters. The third kappa shape index (κ3) is 6.23. The van der Waals surface area contributed by atoms with Gasteiger partial charge in [-0.3, -0.25) is 14.7 Å². The van der Waals surface area contributed by atoms with Gasteiger partial charge in [0.1, 0.15) is 5.75 Å². The van der Waals surface area contributed by atoms with Crippen molar-refractivity contribution in [1.82, 2.24) is 20.1 Å². The van der Waals surface area contributed by atoms with Crippen LogP contribution in [0, 0.1) is 24.7 Å². The molecule has 0 bridgehead atoms. The molecule has 2 fully saturated rings. The van der Waals surface area contributed by atoms with Crippen molar-refractivity contribution in [3.8, 4) is 5.75 Å². The smallest absolute Gasteiger partial charge is 0.406 e. The Morgan fingerprint density at radius 3 is 2.70 bits per heavy atom. The number of aromatic nitrogens is 1. The number of nitrogens with zero attached hydrogens (tertiary/aromatic N) is 3. The molecule has 0 radical (unpaired) electrons. The van der Waals surface area contributed by atoms with E-state index in [1.807, 2.05) is 26.1 Å². The summed E-state index contributed by atoms with van der Waals surface area (Å²) in [4.78, 5) is 20.9. The summed E-state index contributed by atoms with van der Waals surface area (Å²) in [5.74, 6) is 1.60. The molecule has 178 valence electrons. The van der Waals surface area contributed by atoms with Gasteiger partial charge < -0.3 is 15.0 Å². The van der Waals surface area contributed by atoms with Crippen LogP contribution in [-0.2, 0) is 17.9 Å². The number of likely N-dealkylation sites (tertiary alicyclic amines) is 1. The number of halogens is 3. The number of amides is 1. The minimum atomic E-state index is -4.68. The Balaban J connectivity index is 1.16. The molecule has 1 saturated carbocycles. The number of pyridine rings is 1. The van der Waals surface area contributed by atoms with Gasteiger partial charge in [-0.1, -0.05) is 18.2 Å². The highest BCUT2D eigenvalue weighted by Gasteiger charge is 2.55. The summed E-state index contributed by atoms with van der Waals surface area (Å²) in [5, 5.41) is 3.35. The van der Waals surface area contributed by atoms with Gasteiger partial charge in [0, 0.05) is 32.9 Å². The predicted molar refractivity (Wildman–Crippen MR) is 117 cm³/mol. The average Bonchev–Trinajstić information content (AvgIpc) is 3.19. The number of hydrogen-bond acceptors (Lipinski definition) is 5. The zero-order chi connectivity index (χ0) is 23.6. The van der Waals surface area contributed by atoms with E-state index in [9.17, 15) is 18.0 Å². The molecule has 2 unspecified atom stereocenters. The van der Waals surface area contributed by atoms with Gasteiger partial charge in [-0.2, -0.15) is 0 Å². The second kappa shape index (κ2) is 9.69. The fourth-order valence-electron chi connectivity index (χ4n) is 4.71. The van der Waals surface area contributed by atoms with Crippen molar-refractivity contribution in [2.45, 2.75) is 26.4 Å². The van der Waals surface area contributed by atoms with Crippen LogP contribution in [0.2, 0.25) is 0 Å². The molecule has 2 heterocycles. The molecule has 2 aromatic rings. The normalized spacial score (nSPS) is 22.2. The predicted octanol–water partition coefficient (Wildman–Crippen LogP) is 3.21. The lowest BCUT2D eigenvalue weighted by molar-refractivity contribution is -0.274. The van der Waals surface area contributed by atoms with Gasteiger partial charge in [0.25, 0.3) is 0 Å². The number of likely N-dealkylation sites (N-methyl/N-ethyl adjacent to an activating group) is 1. The van der Waals surface area contributed by atoms with Gasteiger partial charge in [0.2, 0.25) is 5.91 Å². The third-order valence-corrected chi connectivity index (χ3v) is 6.58. The summed E-state index contributed by atoms with van der Waals surface area (Å²) >= 11 is 0. The molecule has 0 spiro atoms. The number of benzene rings is 1. The molecule has 33 heavy (non-hydrogen) atoms. The van der Waals surface area contributed by atoms with E-state index in [0.717, 1.165) is 36.5 Å². The molecular weight excluding hydrogens is 433 g/mol. The zero-order valence-electron chi connectivity index (χ0n) is 18.8. The van der Waals surface area contributed by atoms with Crippen molar-refractivity contribution in [1.29, 1.82) is 0 Å². The van der Waals surface area contributed by atoms with Gasteiger partial charge in [-0.05, 0) is 60.5 Å². The highest BCUT2D eigenvalue weighted by Crippen LogP contribution is 2.51. The van der Waals surface area contributed by atoms with Crippen molar-refractivity contribution >= 4 is 5.91 Å². The average molecular weight is 463 g/mol. The molecule has 1 aliphatic heterocycles. The minimum Gasteiger partial charge on any atom is -0.406 e. The Morgan fingerprint density at radius 2 is 2.00 bits per heavy atom. The fourth-order valence-corrected chi connectivity index (χ4v) is 4.71. The second-order valence-electron chi connectivity index (χ2n) is 9.03. The fraction of sp³-hybridized carbons (Fsp3) is 0.500. The highest BCUT2D eigenvalue weighted by atomic mass is 19.4. The second-order valence-corrected chi connectivity index (χ2v) is 9.03. The van der Waals surface area contributed by atoms with Crippen molar-refractivity contribution in [3.63, 3.8) is 0 Å². The standard InChI is InChI=1S/C24H29F3N4O2/c1-16-5-4-8-29-22(16)14-30(2)23(32)15-31-12-20-19(21(20)13-31)11-28-10-17-6-3-7-18(9-17)33-24(25,26)27/h3-9,19-21,28H,10-15H2,1-2H3. The molecule has 2 aliphatic rings. The van der Waals surface area contributed by atoms with E-state index in [1.165, 1.54) is 12.1 Å². The van der Waals surface area contributed by atoms with Crippen LogP contribution >= 0.6 is 0 Å². The van der Waals surface area contributed by atoms with Crippen LogP contribution in [0.5, 0.6) is 5.75 Å². The number of carbonyl (C=O) groups is 1. The van der Waals surface area contributed by atoms with Crippen molar-refractivity contribution in [2.24, 2.45) is 17.8 Å². The molecule has 1 aromatic heterocycles. The van der Waals surface area contributed by atoms with E-state index in [0.29, 0.717) is 37.4 Å².